The lowest BCUT2D eigenvalue weighted by Crippen LogP contribution is -2.27. The molecule has 0 saturated heterocycles. The minimum absolute atomic E-state index is 0.688. The van der Waals surface area contributed by atoms with Gasteiger partial charge in [-0.05, 0) is 49.4 Å². The summed E-state index contributed by atoms with van der Waals surface area (Å²) in [4.78, 5) is 7.10. The summed E-state index contributed by atoms with van der Waals surface area (Å²) in [6.45, 7) is 15.2. The monoisotopic (exact) mass is 277 g/mol. The molecule has 0 aliphatic heterocycles. The molecule has 20 heavy (non-hydrogen) atoms. The molecule has 1 aromatic heterocycles. The molecule has 0 amide bonds. The van der Waals surface area contributed by atoms with E-state index < -0.39 is 0 Å². The summed E-state index contributed by atoms with van der Waals surface area (Å²) in [7, 11) is 0. The van der Waals surface area contributed by atoms with Gasteiger partial charge in [0.1, 0.15) is 5.82 Å². The Hall–Kier alpha value is -1.09. The maximum absolute atomic E-state index is 4.70. The van der Waals surface area contributed by atoms with Crippen molar-refractivity contribution < 1.29 is 0 Å². The summed E-state index contributed by atoms with van der Waals surface area (Å²) in [5.41, 5.74) is 2.57. The highest BCUT2D eigenvalue weighted by molar-refractivity contribution is 5.47. The van der Waals surface area contributed by atoms with E-state index in [0.29, 0.717) is 5.92 Å². The number of nitrogens with one attached hydrogen (secondary N) is 1. The number of pyridine rings is 1. The molecule has 0 spiro atoms. The quantitative estimate of drug-likeness (QED) is 0.745. The number of aryl methyl sites for hydroxylation is 1. The first-order valence-corrected chi connectivity index (χ1v) is 7.99. The molecule has 0 unspecified atom stereocenters. The van der Waals surface area contributed by atoms with Crippen molar-refractivity contribution in [2.24, 2.45) is 5.92 Å². The summed E-state index contributed by atoms with van der Waals surface area (Å²) in [5, 5.41) is 3.47. The van der Waals surface area contributed by atoms with E-state index in [1.54, 1.807) is 0 Å². The lowest BCUT2D eigenvalue weighted by molar-refractivity contribution is 0.551. The predicted molar refractivity (Wildman–Crippen MR) is 88.3 cm³/mol. The zero-order valence-electron chi connectivity index (χ0n) is 13.9. The third kappa shape index (κ3) is 5.49. The van der Waals surface area contributed by atoms with Crippen LogP contribution in [0.2, 0.25) is 0 Å². The lowest BCUT2D eigenvalue weighted by atomic mass is 10.1. The van der Waals surface area contributed by atoms with Crippen molar-refractivity contribution in [2.75, 3.05) is 24.5 Å². The molecule has 1 N–H and O–H groups in total. The SMILES string of the molecule is CCCN(CCC)c1ncc(CNCC(C)C)cc1C. The summed E-state index contributed by atoms with van der Waals surface area (Å²) >= 11 is 0. The van der Waals surface area contributed by atoms with Crippen molar-refractivity contribution in [3.05, 3.63) is 23.4 Å². The highest BCUT2D eigenvalue weighted by atomic mass is 15.2. The molecule has 3 nitrogen and oxygen atoms in total. The topological polar surface area (TPSA) is 28.2 Å². The molecule has 0 saturated carbocycles. The Balaban J connectivity index is 2.70. The van der Waals surface area contributed by atoms with Gasteiger partial charge in [-0.15, -0.1) is 0 Å². The molecular weight excluding hydrogens is 246 g/mol. The molecule has 1 heterocycles. The lowest BCUT2D eigenvalue weighted by Gasteiger charge is -2.24. The van der Waals surface area contributed by atoms with Crippen LogP contribution >= 0.6 is 0 Å². The van der Waals surface area contributed by atoms with Crippen molar-refractivity contribution in [3.8, 4) is 0 Å². The zero-order valence-corrected chi connectivity index (χ0v) is 13.9. The fraction of sp³-hybridized carbons (Fsp3) is 0.706. The van der Waals surface area contributed by atoms with Gasteiger partial charge in [0.2, 0.25) is 0 Å². The molecule has 0 aliphatic carbocycles. The van der Waals surface area contributed by atoms with Gasteiger partial charge in [-0.1, -0.05) is 27.7 Å². The van der Waals surface area contributed by atoms with Crippen LogP contribution < -0.4 is 10.2 Å². The van der Waals surface area contributed by atoms with Crippen LogP contribution in [0.15, 0.2) is 12.3 Å². The Bertz CT molecular complexity index is 382. The first-order valence-electron chi connectivity index (χ1n) is 7.99. The Labute approximate surface area is 124 Å². The molecule has 1 rings (SSSR count). The van der Waals surface area contributed by atoms with Crippen LogP contribution in [-0.2, 0) is 6.54 Å². The highest BCUT2D eigenvalue weighted by Crippen LogP contribution is 2.18. The van der Waals surface area contributed by atoms with Crippen LogP contribution in [0, 0.1) is 12.8 Å². The van der Waals surface area contributed by atoms with Crippen LogP contribution in [0.1, 0.15) is 51.7 Å². The molecule has 0 bridgehead atoms. The van der Waals surface area contributed by atoms with Crippen LogP contribution in [-0.4, -0.2) is 24.6 Å². The van der Waals surface area contributed by atoms with E-state index in [1.807, 2.05) is 6.20 Å². The van der Waals surface area contributed by atoms with Gasteiger partial charge in [0.05, 0.1) is 0 Å². The van der Waals surface area contributed by atoms with E-state index in [4.69, 9.17) is 4.98 Å². The molecule has 3 heteroatoms. The average Bonchev–Trinajstić information content (AvgIpc) is 2.38. The van der Waals surface area contributed by atoms with E-state index >= 15 is 0 Å². The number of rotatable bonds is 9. The van der Waals surface area contributed by atoms with Crippen LogP contribution in [0.25, 0.3) is 0 Å². The van der Waals surface area contributed by atoms with Gasteiger partial charge in [-0.3, -0.25) is 0 Å². The Morgan fingerprint density at radius 2 is 1.85 bits per heavy atom. The van der Waals surface area contributed by atoms with Gasteiger partial charge in [0.15, 0.2) is 0 Å². The van der Waals surface area contributed by atoms with Gasteiger partial charge >= 0.3 is 0 Å². The highest BCUT2D eigenvalue weighted by Gasteiger charge is 2.09. The van der Waals surface area contributed by atoms with Crippen LogP contribution in [0.4, 0.5) is 5.82 Å². The van der Waals surface area contributed by atoms with Crippen molar-refractivity contribution in [2.45, 2.75) is 54.0 Å². The van der Waals surface area contributed by atoms with E-state index in [1.165, 1.54) is 24.0 Å². The van der Waals surface area contributed by atoms with E-state index in [0.717, 1.165) is 32.0 Å². The first kappa shape index (κ1) is 17.0. The normalized spacial score (nSPS) is 11.1. The average molecular weight is 277 g/mol. The van der Waals surface area contributed by atoms with Gasteiger partial charge in [0.25, 0.3) is 0 Å². The van der Waals surface area contributed by atoms with E-state index in [2.05, 4.69) is 50.9 Å². The summed E-state index contributed by atoms with van der Waals surface area (Å²) in [6, 6.07) is 2.27. The van der Waals surface area contributed by atoms with Crippen molar-refractivity contribution in [3.63, 3.8) is 0 Å². The first-order chi connectivity index (χ1) is 9.58. The van der Waals surface area contributed by atoms with Gasteiger partial charge in [-0.25, -0.2) is 4.98 Å². The van der Waals surface area contributed by atoms with Gasteiger partial charge in [-0.2, -0.15) is 0 Å². The third-order valence-electron chi connectivity index (χ3n) is 3.28. The number of anilines is 1. The predicted octanol–water partition coefficient (Wildman–Crippen LogP) is 3.76. The third-order valence-corrected chi connectivity index (χ3v) is 3.28. The second-order valence-electron chi connectivity index (χ2n) is 6.00. The second kappa shape index (κ2) is 8.96. The number of hydrogen-bond donors (Lipinski definition) is 1. The largest absolute Gasteiger partial charge is 0.356 e. The Morgan fingerprint density at radius 3 is 2.35 bits per heavy atom. The van der Waals surface area contributed by atoms with E-state index in [9.17, 15) is 0 Å². The van der Waals surface area contributed by atoms with E-state index in [-0.39, 0.29) is 0 Å². The molecule has 0 aromatic carbocycles. The summed E-state index contributed by atoms with van der Waals surface area (Å²) < 4.78 is 0. The smallest absolute Gasteiger partial charge is 0.131 e. The molecule has 0 atom stereocenters. The van der Waals surface area contributed by atoms with Gasteiger partial charge in [0, 0.05) is 25.8 Å². The maximum atomic E-state index is 4.70. The van der Waals surface area contributed by atoms with Crippen LogP contribution in [0.5, 0.6) is 0 Å². The molecule has 0 radical (unpaired) electrons. The molecular formula is C17H31N3. The van der Waals surface area contributed by atoms with Crippen LogP contribution in [0.3, 0.4) is 0 Å². The standard InChI is InChI=1S/C17H31N3/c1-6-8-20(9-7-2)17-15(5)10-16(13-19-17)12-18-11-14(3)4/h10,13-14,18H,6-9,11-12H2,1-5H3. The van der Waals surface area contributed by atoms with Crippen molar-refractivity contribution in [1.82, 2.24) is 10.3 Å². The number of aromatic nitrogens is 1. The fourth-order valence-electron chi connectivity index (χ4n) is 2.42. The maximum Gasteiger partial charge on any atom is 0.131 e. The Morgan fingerprint density at radius 1 is 1.20 bits per heavy atom. The number of nitrogens with zero attached hydrogens (tertiary/aromatic N) is 2. The second-order valence-corrected chi connectivity index (χ2v) is 6.00. The van der Waals surface area contributed by atoms with Gasteiger partial charge < -0.3 is 10.2 Å². The molecule has 0 aliphatic rings. The minimum atomic E-state index is 0.688. The number of hydrogen-bond acceptors (Lipinski definition) is 3. The molecule has 114 valence electrons. The summed E-state index contributed by atoms with van der Waals surface area (Å²) in [6.07, 6.45) is 4.35. The molecule has 0 fully saturated rings. The summed E-state index contributed by atoms with van der Waals surface area (Å²) in [5.74, 6) is 1.84. The molecule has 1 aromatic rings. The van der Waals surface area contributed by atoms with Crippen molar-refractivity contribution >= 4 is 5.82 Å². The zero-order chi connectivity index (χ0) is 15.0. The fourth-order valence-corrected chi connectivity index (χ4v) is 2.42. The minimum Gasteiger partial charge on any atom is -0.356 e. The van der Waals surface area contributed by atoms with Crippen molar-refractivity contribution in [1.29, 1.82) is 0 Å². The Kier molecular flexibility index (Phi) is 7.60.